The molecular weight excluding hydrogens is 384 g/mol. The molecule has 0 aliphatic carbocycles. The first-order valence-electron chi connectivity index (χ1n) is 9.92. The van der Waals surface area contributed by atoms with Gasteiger partial charge in [0.15, 0.2) is 0 Å². The zero-order valence-electron chi connectivity index (χ0n) is 17.1. The maximum absolute atomic E-state index is 12.8. The Bertz CT molecular complexity index is 1120. The van der Waals surface area contributed by atoms with E-state index in [-0.39, 0.29) is 11.5 Å². The van der Waals surface area contributed by atoms with Crippen molar-refractivity contribution in [2.24, 2.45) is 5.92 Å². The Hall–Kier alpha value is -3.42. The van der Waals surface area contributed by atoms with Gasteiger partial charge in [0.05, 0.1) is 31.4 Å². The van der Waals surface area contributed by atoms with Gasteiger partial charge in [-0.25, -0.2) is 9.97 Å². The first kappa shape index (κ1) is 19.9. The van der Waals surface area contributed by atoms with Gasteiger partial charge in [-0.1, -0.05) is 0 Å². The molecule has 1 aliphatic rings. The second-order valence-electron chi connectivity index (χ2n) is 7.38. The van der Waals surface area contributed by atoms with Crippen LogP contribution >= 0.6 is 0 Å². The van der Waals surface area contributed by atoms with E-state index in [1.807, 2.05) is 4.90 Å². The number of fused-ring (bicyclic) bond motifs is 1. The highest BCUT2D eigenvalue weighted by Crippen LogP contribution is 2.23. The molecule has 30 heavy (non-hydrogen) atoms. The van der Waals surface area contributed by atoms with E-state index in [0.717, 1.165) is 12.8 Å². The number of benzene rings is 1. The average molecular weight is 408 g/mol. The van der Waals surface area contributed by atoms with Crippen molar-refractivity contribution in [2.75, 3.05) is 27.3 Å². The molecule has 0 saturated carbocycles. The molecule has 1 aromatic carbocycles. The quantitative estimate of drug-likeness (QED) is 0.644. The Morgan fingerprint density at radius 2 is 1.93 bits per heavy atom. The molecule has 4 rings (SSSR count). The highest BCUT2D eigenvalue weighted by atomic mass is 16.5. The largest absolute Gasteiger partial charge is 0.497 e. The summed E-state index contributed by atoms with van der Waals surface area (Å²) in [4.78, 5) is 36.0. The molecular formula is C22H24N4O4. The summed E-state index contributed by atoms with van der Waals surface area (Å²) in [6.45, 7) is 1.86. The van der Waals surface area contributed by atoms with Crippen LogP contribution in [0.1, 0.15) is 23.2 Å². The van der Waals surface area contributed by atoms with Crippen molar-refractivity contribution < 1.29 is 14.3 Å². The number of nitrogens with zero attached hydrogens (tertiary/aromatic N) is 4. The highest BCUT2D eigenvalue weighted by molar-refractivity contribution is 5.96. The van der Waals surface area contributed by atoms with Crippen molar-refractivity contribution >= 4 is 16.8 Å². The lowest BCUT2D eigenvalue weighted by Gasteiger charge is -2.32. The van der Waals surface area contributed by atoms with E-state index < -0.39 is 0 Å². The molecule has 2 aromatic heterocycles. The third-order valence-electron chi connectivity index (χ3n) is 5.58. The van der Waals surface area contributed by atoms with Crippen molar-refractivity contribution in [2.45, 2.75) is 19.4 Å². The van der Waals surface area contributed by atoms with Crippen molar-refractivity contribution in [3.8, 4) is 11.6 Å². The van der Waals surface area contributed by atoms with Gasteiger partial charge < -0.3 is 14.4 Å². The van der Waals surface area contributed by atoms with Gasteiger partial charge in [0.2, 0.25) is 5.88 Å². The lowest BCUT2D eigenvalue weighted by atomic mass is 9.96. The second-order valence-corrected chi connectivity index (χ2v) is 7.38. The summed E-state index contributed by atoms with van der Waals surface area (Å²) >= 11 is 0. The number of piperidine rings is 1. The smallest absolute Gasteiger partial charge is 0.261 e. The van der Waals surface area contributed by atoms with E-state index in [1.165, 1.54) is 7.11 Å². The predicted molar refractivity (Wildman–Crippen MR) is 112 cm³/mol. The molecule has 1 saturated heterocycles. The van der Waals surface area contributed by atoms with Gasteiger partial charge in [-0.05, 0) is 43.0 Å². The van der Waals surface area contributed by atoms with Crippen LogP contribution in [0.25, 0.3) is 10.9 Å². The minimum Gasteiger partial charge on any atom is -0.497 e. The minimum atomic E-state index is -0.0723. The van der Waals surface area contributed by atoms with E-state index in [2.05, 4.69) is 9.97 Å². The molecule has 3 aromatic rings. The fourth-order valence-corrected chi connectivity index (χ4v) is 3.88. The summed E-state index contributed by atoms with van der Waals surface area (Å²) in [5, 5.41) is 0.578. The lowest BCUT2D eigenvalue weighted by molar-refractivity contribution is 0.0678. The SMILES string of the molecule is COc1ccc2c(=O)n(CC3CCN(C(=O)c4cccnc4OC)CC3)cnc2c1. The normalized spacial score (nSPS) is 14.7. The van der Waals surface area contributed by atoms with Crippen molar-refractivity contribution in [3.63, 3.8) is 0 Å². The van der Waals surface area contributed by atoms with Crippen LogP contribution in [0.2, 0.25) is 0 Å². The molecule has 156 valence electrons. The number of amides is 1. The Labute approximate surface area is 174 Å². The van der Waals surface area contributed by atoms with Gasteiger partial charge in [-0.15, -0.1) is 0 Å². The third-order valence-corrected chi connectivity index (χ3v) is 5.58. The van der Waals surface area contributed by atoms with Crippen LogP contribution in [0, 0.1) is 5.92 Å². The van der Waals surface area contributed by atoms with E-state index >= 15 is 0 Å². The summed E-state index contributed by atoms with van der Waals surface area (Å²) in [6.07, 6.45) is 4.85. The molecule has 0 N–H and O–H groups in total. The Morgan fingerprint density at radius 3 is 2.67 bits per heavy atom. The molecule has 0 bridgehead atoms. The molecule has 0 radical (unpaired) electrons. The number of likely N-dealkylation sites (tertiary alicyclic amines) is 1. The van der Waals surface area contributed by atoms with Gasteiger partial charge in [0.1, 0.15) is 11.3 Å². The number of aromatic nitrogens is 3. The highest BCUT2D eigenvalue weighted by Gasteiger charge is 2.26. The zero-order valence-corrected chi connectivity index (χ0v) is 17.1. The number of hydrogen-bond acceptors (Lipinski definition) is 6. The number of methoxy groups -OCH3 is 2. The number of ether oxygens (including phenoxy) is 2. The van der Waals surface area contributed by atoms with E-state index in [9.17, 15) is 9.59 Å². The fourth-order valence-electron chi connectivity index (χ4n) is 3.88. The van der Waals surface area contributed by atoms with Gasteiger partial charge in [0.25, 0.3) is 11.5 Å². The maximum Gasteiger partial charge on any atom is 0.261 e. The fraction of sp³-hybridized carbons (Fsp3) is 0.364. The van der Waals surface area contributed by atoms with Crippen LogP contribution in [0.15, 0.2) is 47.7 Å². The number of hydrogen-bond donors (Lipinski definition) is 0. The molecule has 1 aliphatic heterocycles. The monoisotopic (exact) mass is 408 g/mol. The van der Waals surface area contributed by atoms with E-state index in [0.29, 0.717) is 53.6 Å². The number of carbonyl (C=O) groups is 1. The summed E-state index contributed by atoms with van der Waals surface area (Å²) in [7, 11) is 3.10. The number of rotatable bonds is 5. The topological polar surface area (TPSA) is 86.6 Å². The summed E-state index contributed by atoms with van der Waals surface area (Å²) in [5.41, 5.74) is 1.05. The Morgan fingerprint density at radius 1 is 1.13 bits per heavy atom. The van der Waals surface area contributed by atoms with Gasteiger partial charge >= 0.3 is 0 Å². The number of pyridine rings is 1. The molecule has 0 spiro atoms. The van der Waals surface area contributed by atoms with Crippen LogP contribution in [0.3, 0.4) is 0 Å². The van der Waals surface area contributed by atoms with E-state index in [1.54, 1.807) is 54.5 Å². The molecule has 1 fully saturated rings. The molecule has 8 heteroatoms. The van der Waals surface area contributed by atoms with Crippen LogP contribution in [0.5, 0.6) is 11.6 Å². The average Bonchev–Trinajstić information content (AvgIpc) is 2.80. The first-order valence-corrected chi connectivity index (χ1v) is 9.92. The van der Waals surface area contributed by atoms with Crippen LogP contribution in [0.4, 0.5) is 0 Å². The molecule has 0 unspecified atom stereocenters. The van der Waals surface area contributed by atoms with Gasteiger partial charge in [-0.3, -0.25) is 14.2 Å². The maximum atomic E-state index is 12.8. The van der Waals surface area contributed by atoms with Crippen LogP contribution in [-0.4, -0.2) is 52.7 Å². The second kappa shape index (κ2) is 8.52. The molecule has 0 atom stereocenters. The molecule has 3 heterocycles. The van der Waals surface area contributed by atoms with Gasteiger partial charge in [0, 0.05) is 31.9 Å². The minimum absolute atomic E-state index is 0.0544. The Balaban J connectivity index is 1.43. The molecule has 1 amide bonds. The van der Waals surface area contributed by atoms with E-state index in [4.69, 9.17) is 9.47 Å². The van der Waals surface area contributed by atoms with Gasteiger partial charge in [-0.2, -0.15) is 0 Å². The first-order chi connectivity index (χ1) is 14.6. The van der Waals surface area contributed by atoms with Crippen molar-refractivity contribution in [3.05, 3.63) is 58.8 Å². The standard InChI is InChI=1S/C22H24N4O4/c1-29-16-5-6-17-19(12-16)24-14-26(21(17)27)13-15-7-10-25(11-8-15)22(28)18-4-3-9-23-20(18)30-2/h3-6,9,12,14-15H,7-8,10-11,13H2,1-2H3. The predicted octanol–water partition coefficient (Wildman–Crippen LogP) is 2.36. The zero-order chi connectivity index (χ0) is 21.1. The molecule has 8 nitrogen and oxygen atoms in total. The van der Waals surface area contributed by atoms with Crippen molar-refractivity contribution in [1.29, 1.82) is 0 Å². The Kier molecular flexibility index (Phi) is 5.65. The summed E-state index contributed by atoms with van der Waals surface area (Å²) in [5.74, 6) is 1.25. The summed E-state index contributed by atoms with van der Waals surface area (Å²) < 4.78 is 12.1. The van der Waals surface area contributed by atoms with Crippen molar-refractivity contribution in [1.82, 2.24) is 19.4 Å². The lowest BCUT2D eigenvalue weighted by Crippen LogP contribution is -2.40. The third kappa shape index (κ3) is 3.85. The summed E-state index contributed by atoms with van der Waals surface area (Å²) in [6, 6.07) is 8.75. The van der Waals surface area contributed by atoms with Crippen LogP contribution in [-0.2, 0) is 6.54 Å². The number of carbonyl (C=O) groups excluding carboxylic acids is 1. The van der Waals surface area contributed by atoms with Crippen LogP contribution < -0.4 is 15.0 Å².